The van der Waals surface area contributed by atoms with Gasteiger partial charge in [0.25, 0.3) is 6.47 Å². The standard InChI is InChI=1S/C15H20N2O5S.CH2O2/c1-16-6-11-7-17(8-13(16)10-22-9-11)23(20,21)14-4-2-3-12(5-14)15(18)19;2-1-3/h2-5,11,13H,6-10H2,1H3,(H,18,19);1H,(H,2,3)/t11-,13+;/m1./s1. The molecule has 2 atom stereocenters. The Kier molecular flexibility index (Phi) is 6.70. The van der Waals surface area contributed by atoms with E-state index in [-0.39, 0.29) is 28.9 Å². The highest BCUT2D eigenvalue weighted by Crippen LogP contribution is 2.24. The minimum absolute atomic E-state index is 0.0138. The summed E-state index contributed by atoms with van der Waals surface area (Å²) in [5.41, 5.74) is -0.0263. The summed E-state index contributed by atoms with van der Waals surface area (Å²) in [6, 6.07) is 5.53. The molecule has 2 aliphatic rings. The van der Waals surface area contributed by atoms with Crippen LogP contribution in [0.2, 0.25) is 0 Å². The lowest BCUT2D eigenvalue weighted by Crippen LogP contribution is -2.44. The third kappa shape index (κ3) is 4.58. The largest absolute Gasteiger partial charge is 0.483 e. The lowest BCUT2D eigenvalue weighted by Gasteiger charge is -2.29. The van der Waals surface area contributed by atoms with Gasteiger partial charge in [0.05, 0.1) is 23.7 Å². The van der Waals surface area contributed by atoms with Crippen LogP contribution in [0.25, 0.3) is 0 Å². The van der Waals surface area contributed by atoms with Crippen molar-refractivity contribution < 1.29 is 33.0 Å². The molecule has 2 N–H and O–H groups in total. The second kappa shape index (κ2) is 8.58. The molecule has 2 aliphatic heterocycles. The fourth-order valence-corrected chi connectivity index (χ4v) is 4.74. The van der Waals surface area contributed by atoms with Crippen LogP contribution in [-0.4, -0.2) is 86.2 Å². The summed E-state index contributed by atoms with van der Waals surface area (Å²) in [7, 11) is -1.74. The van der Waals surface area contributed by atoms with Gasteiger partial charge in [-0.1, -0.05) is 6.07 Å². The summed E-state index contributed by atoms with van der Waals surface area (Å²) in [6.07, 6.45) is 0. The molecule has 0 unspecified atom stereocenters. The monoisotopic (exact) mass is 386 g/mol. The molecule has 0 aromatic heterocycles. The molecule has 26 heavy (non-hydrogen) atoms. The van der Waals surface area contributed by atoms with Crippen LogP contribution in [0.5, 0.6) is 0 Å². The predicted molar refractivity (Wildman–Crippen MR) is 91.6 cm³/mol. The normalized spacial score (nSPS) is 24.0. The van der Waals surface area contributed by atoms with E-state index in [2.05, 4.69) is 4.90 Å². The van der Waals surface area contributed by atoms with Gasteiger partial charge in [-0.15, -0.1) is 0 Å². The molecule has 2 heterocycles. The molecule has 2 fully saturated rings. The Bertz CT molecular complexity index is 753. The van der Waals surface area contributed by atoms with E-state index >= 15 is 0 Å². The van der Waals surface area contributed by atoms with Crippen LogP contribution in [0.15, 0.2) is 29.2 Å². The molecular weight excluding hydrogens is 364 g/mol. The number of nitrogens with zero attached hydrogens (tertiary/aromatic N) is 2. The number of hydrogen-bond acceptors (Lipinski definition) is 6. The Balaban J connectivity index is 0.000000758. The highest BCUT2D eigenvalue weighted by atomic mass is 32.2. The lowest BCUT2D eigenvalue weighted by molar-refractivity contribution is -0.122. The molecular formula is C16H22N2O7S. The van der Waals surface area contributed by atoms with Crippen LogP contribution in [0.3, 0.4) is 0 Å². The maximum absolute atomic E-state index is 12.9. The van der Waals surface area contributed by atoms with Crippen LogP contribution >= 0.6 is 0 Å². The molecule has 1 aromatic carbocycles. The van der Waals surface area contributed by atoms with E-state index in [9.17, 15) is 13.2 Å². The fourth-order valence-electron chi connectivity index (χ4n) is 3.14. The number of benzene rings is 1. The van der Waals surface area contributed by atoms with Gasteiger partial charge in [-0.3, -0.25) is 9.69 Å². The van der Waals surface area contributed by atoms with Gasteiger partial charge in [-0.2, -0.15) is 4.31 Å². The number of ether oxygens (including phenoxy) is 1. The first-order valence-electron chi connectivity index (χ1n) is 7.99. The number of carboxylic acids is 1. The summed E-state index contributed by atoms with van der Waals surface area (Å²) in [5.74, 6) is -1.02. The van der Waals surface area contributed by atoms with E-state index in [1.54, 1.807) is 0 Å². The van der Waals surface area contributed by atoms with Crippen LogP contribution in [0, 0.1) is 5.92 Å². The number of hydrogen-bond donors (Lipinski definition) is 2. The Labute approximate surface area is 151 Å². The first-order chi connectivity index (χ1) is 12.3. The third-order valence-corrected chi connectivity index (χ3v) is 6.26. The van der Waals surface area contributed by atoms with Gasteiger partial charge in [0.1, 0.15) is 0 Å². The Morgan fingerprint density at radius 3 is 2.62 bits per heavy atom. The third-order valence-electron chi connectivity index (χ3n) is 4.43. The van der Waals surface area contributed by atoms with Crippen molar-refractivity contribution in [3.63, 3.8) is 0 Å². The highest BCUT2D eigenvalue weighted by molar-refractivity contribution is 7.89. The minimum atomic E-state index is -3.72. The van der Waals surface area contributed by atoms with Gasteiger partial charge in [-0.25, -0.2) is 13.2 Å². The second-order valence-corrected chi connectivity index (χ2v) is 8.20. The zero-order chi connectivity index (χ0) is 19.3. The summed E-state index contributed by atoms with van der Waals surface area (Å²) < 4.78 is 32.9. The molecule has 144 valence electrons. The molecule has 3 rings (SSSR count). The molecule has 2 saturated heterocycles. The van der Waals surface area contributed by atoms with E-state index in [0.717, 1.165) is 6.54 Å². The molecule has 2 bridgehead atoms. The van der Waals surface area contributed by atoms with Gasteiger partial charge >= 0.3 is 5.97 Å². The predicted octanol–water partition coefficient (Wildman–Crippen LogP) is 0.0367. The summed E-state index contributed by atoms with van der Waals surface area (Å²) in [6.45, 7) is 2.34. The van der Waals surface area contributed by atoms with Crippen LogP contribution < -0.4 is 0 Å². The number of aromatic carboxylic acids is 1. The number of fused-ring (bicyclic) bond motifs is 3. The van der Waals surface area contributed by atoms with Crippen molar-refractivity contribution in [1.29, 1.82) is 0 Å². The Morgan fingerprint density at radius 1 is 1.27 bits per heavy atom. The zero-order valence-corrected chi connectivity index (χ0v) is 15.1. The maximum Gasteiger partial charge on any atom is 0.335 e. The SMILES string of the molecule is CN1C[C@H]2COC[C@@H]1CN(S(=O)(=O)c1cccc(C(=O)O)c1)C2.O=CO. The maximum atomic E-state index is 12.9. The number of likely N-dealkylation sites (N-methyl/N-ethyl adjacent to an activating group) is 1. The van der Waals surface area contributed by atoms with E-state index in [1.807, 2.05) is 7.05 Å². The average molecular weight is 386 g/mol. The summed E-state index contributed by atoms with van der Waals surface area (Å²) >= 11 is 0. The molecule has 0 aliphatic carbocycles. The first kappa shape index (κ1) is 20.3. The van der Waals surface area contributed by atoms with Crippen molar-refractivity contribution >= 4 is 22.5 Å². The van der Waals surface area contributed by atoms with Gasteiger partial charge in [0.15, 0.2) is 0 Å². The van der Waals surface area contributed by atoms with Crippen molar-refractivity contribution in [2.75, 3.05) is 39.9 Å². The number of carboxylic acid groups (broad SMARTS) is 2. The van der Waals surface area contributed by atoms with Gasteiger partial charge in [0, 0.05) is 31.6 Å². The first-order valence-corrected chi connectivity index (χ1v) is 9.43. The van der Waals surface area contributed by atoms with Crippen molar-refractivity contribution in [3.05, 3.63) is 29.8 Å². The second-order valence-electron chi connectivity index (χ2n) is 6.26. The van der Waals surface area contributed by atoms with Crippen LogP contribution in [0.1, 0.15) is 10.4 Å². The molecule has 0 amide bonds. The highest BCUT2D eigenvalue weighted by Gasteiger charge is 2.37. The molecule has 0 saturated carbocycles. The van der Waals surface area contributed by atoms with Crippen molar-refractivity contribution in [2.24, 2.45) is 5.92 Å². The number of sulfonamides is 1. The zero-order valence-electron chi connectivity index (χ0n) is 14.3. The van der Waals surface area contributed by atoms with Crippen molar-refractivity contribution in [2.45, 2.75) is 10.9 Å². The average Bonchev–Trinajstić information content (AvgIpc) is 2.84. The van der Waals surface area contributed by atoms with Gasteiger partial charge in [-0.05, 0) is 25.2 Å². The Morgan fingerprint density at radius 2 is 1.96 bits per heavy atom. The van der Waals surface area contributed by atoms with Gasteiger partial charge < -0.3 is 14.9 Å². The van der Waals surface area contributed by atoms with E-state index in [0.29, 0.717) is 26.3 Å². The van der Waals surface area contributed by atoms with E-state index < -0.39 is 16.0 Å². The molecule has 10 heteroatoms. The van der Waals surface area contributed by atoms with E-state index in [4.69, 9.17) is 19.7 Å². The Hall–Kier alpha value is -2.01. The van der Waals surface area contributed by atoms with E-state index in [1.165, 1.54) is 28.6 Å². The minimum Gasteiger partial charge on any atom is -0.483 e. The number of carbonyl (C=O) groups is 2. The molecule has 1 aromatic rings. The van der Waals surface area contributed by atoms with Crippen LogP contribution in [-0.2, 0) is 19.6 Å². The van der Waals surface area contributed by atoms with Crippen molar-refractivity contribution in [3.8, 4) is 0 Å². The molecule has 0 radical (unpaired) electrons. The lowest BCUT2D eigenvalue weighted by atomic mass is 10.1. The smallest absolute Gasteiger partial charge is 0.335 e. The summed E-state index contributed by atoms with van der Waals surface area (Å²) in [5, 5.41) is 16.0. The topological polar surface area (TPSA) is 124 Å². The summed E-state index contributed by atoms with van der Waals surface area (Å²) in [4.78, 5) is 21.6. The molecule has 0 spiro atoms. The molecule has 9 nitrogen and oxygen atoms in total. The van der Waals surface area contributed by atoms with Crippen molar-refractivity contribution in [1.82, 2.24) is 9.21 Å². The van der Waals surface area contributed by atoms with Crippen LogP contribution in [0.4, 0.5) is 0 Å². The number of rotatable bonds is 3. The fraction of sp³-hybridized carbons (Fsp3) is 0.500. The van der Waals surface area contributed by atoms with Gasteiger partial charge in [0.2, 0.25) is 10.0 Å². The quantitative estimate of drug-likeness (QED) is 0.698.